The molecule has 2 fully saturated rings. The molecule has 3 rings (SSSR count). The first kappa shape index (κ1) is 10.9. The van der Waals surface area contributed by atoms with Gasteiger partial charge in [-0.1, -0.05) is 0 Å². The van der Waals surface area contributed by atoms with Gasteiger partial charge in [0.05, 0.1) is 7.11 Å². The molecule has 0 amide bonds. The summed E-state index contributed by atoms with van der Waals surface area (Å²) >= 11 is 0. The lowest BCUT2D eigenvalue weighted by Crippen LogP contribution is -2.49. The number of nitrogens with zero attached hydrogens (tertiary/aromatic N) is 1. The highest BCUT2D eigenvalue weighted by Gasteiger charge is 2.33. The molecule has 2 nitrogen and oxygen atoms in total. The van der Waals surface area contributed by atoms with Crippen LogP contribution >= 0.6 is 0 Å². The lowest BCUT2D eigenvalue weighted by atomic mass is 9.84. The summed E-state index contributed by atoms with van der Waals surface area (Å²) < 4.78 is 5.23. The second-order valence-corrected chi connectivity index (χ2v) is 5.27. The van der Waals surface area contributed by atoms with Crippen molar-refractivity contribution in [2.75, 3.05) is 12.0 Å². The van der Waals surface area contributed by atoms with Crippen molar-refractivity contribution in [3.8, 4) is 5.75 Å². The van der Waals surface area contributed by atoms with Crippen molar-refractivity contribution in [1.82, 2.24) is 0 Å². The number of ether oxygens (including phenoxy) is 1. The van der Waals surface area contributed by atoms with E-state index in [2.05, 4.69) is 29.2 Å². The van der Waals surface area contributed by atoms with Crippen LogP contribution in [0.15, 0.2) is 24.3 Å². The normalized spacial score (nSPS) is 27.9. The smallest absolute Gasteiger partial charge is 0.119 e. The van der Waals surface area contributed by atoms with Crippen LogP contribution in [0.3, 0.4) is 0 Å². The molecule has 0 aliphatic carbocycles. The fourth-order valence-corrected chi connectivity index (χ4v) is 3.50. The molecular weight excluding hydrogens is 210 g/mol. The number of fused-ring (bicyclic) bond motifs is 2. The molecule has 2 aliphatic heterocycles. The SMILES string of the molecule is COc1ccc(N2C3CCCC2CCC3)cc1. The minimum Gasteiger partial charge on any atom is -0.497 e. The molecule has 0 spiro atoms. The van der Waals surface area contributed by atoms with E-state index in [-0.39, 0.29) is 0 Å². The Hall–Kier alpha value is -1.18. The van der Waals surface area contributed by atoms with Crippen LogP contribution in [0.1, 0.15) is 38.5 Å². The van der Waals surface area contributed by atoms with E-state index >= 15 is 0 Å². The van der Waals surface area contributed by atoms with Gasteiger partial charge in [0.25, 0.3) is 0 Å². The van der Waals surface area contributed by atoms with E-state index in [9.17, 15) is 0 Å². The summed E-state index contributed by atoms with van der Waals surface area (Å²) in [5.74, 6) is 0.955. The zero-order valence-electron chi connectivity index (χ0n) is 10.6. The first-order valence-corrected chi connectivity index (χ1v) is 6.81. The van der Waals surface area contributed by atoms with Crippen molar-refractivity contribution >= 4 is 5.69 Å². The van der Waals surface area contributed by atoms with Gasteiger partial charge in [0.1, 0.15) is 5.75 Å². The molecule has 0 saturated carbocycles. The number of hydrogen-bond donors (Lipinski definition) is 0. The van der Waals surface area contributed by atoms with Crippen molar-refractivity contribution in [2.45, 2.75) is 50.6 Å². The van der Waals surface area contributed by atoms with Crippen LogP contribution in [-0.4, -0.2) is 19.2 Å². The zero-order chi connectivity index (χ0) is 11.7. The van der Waals surface area contributed by atoms with Crippen LogP contribution in [0.25, 0.3) is 0 Å². The molecule has 2 aliphatic rings. The molecule has 0 unspecified atom stereocenters. The largest absolute Gasteiger partial charge is 0.497 e. The van der Waals surface area contributed by atoms with E-state index in [1.807, 2.05) is 0 Å². The molecule has 2 heteroatoms. The maximum Gasteiger partial charge on any atom is 0.119 e. The number of piperidine rings is 2. The third-order valence-electron chi connectivity index (χ3n) is 4.31. The van der Waals surface area contributed by atoms with E-state index in [0.717, 1.165) is 17.8 Å². The van der Waals surface area contributed by atoms with Crippen molar-refractivity contribution < 1.29 is 4.74 Å². The second-order valence-electron chi connectivity index (χ2n) is 5.27. The first-order valence-electron chi connectivity index (χ1n) is 6.81. The second kappa shape index (κ2) is 4.59. The van der Waals surface area contributed by atoms with E-state index < -0.39 is 0 Å². The Bertz CT molecular complexity index is 351. The van der Waals surface area contributed by atoms with Crippen molar-refractivity contribution in [3.05, 3.63) is 24.3 Å². The van der Waals surface area contributed by atoms with Gasteiger partial charge in [-0.2, -0.15) is 0 Å². The molecular formula is C15H21NO. The highest BCUT2D eigenvalue weighted by atomic mass is 16.5. The molecule has 0 N–H and O–H groups in total. The number of benzene rings is 1. The highest BCUT2D eigenvalue weighted by molar-refractivity contribution is 5.51. The average Bonchev–Trinajstić information content (AvgIpc) is 2.38. The van der Waals surface area contributed by atoms with Crippen LogP contribution in [-0.2, 0) is 0 Å². The number of methoxy groups -OCH3 is 1. The maximum absolute atomic E-state index is 5.23. The molecule has 1 aromatic rings. The molecule has 2 saturated heterocycles. The summed E-state index contributed by atoms with van der Waals surface area (Å²) in [6, 6.07) is 10.2. The van der Waals surface area contributed by atoms with Gasteiger partial charge < -0.3 is 9.64 Å². The molecule has 2 bridgehead atoms. The van der Waals surface area contributed by atoms with Gasteiger partial charge in [-0.05, 0) is 62.8 Å². The molecule has 17 heavy (non-hydrogen) atoms. The average molecular weight is 231 g/mol. The number of anilines is 1. The van der Waals surface area contributed by atoms with Crippen LogP contribution in [0.5, 0.6) is 5.75 Å². The third-order valence-corrected chi connectivity index (χ3v) is 4.31. The Kier molecular flexibility index (Phi) is 2.96. The van der Waals surface area contributed by atoms with Gasteiger partial charge in [0.2, 0.25) is 0 Å². The van der Waals surface area contributed by atoms with Gasteiger partial charge in [0, 0.05) is 17.8 Å². The van der Waals surface area contributed by atoms with E-state index in [1.165, 1.54) is 44.2 Å². The highest BCUT2D eigenvalue weighted by Crippen LogP contribution is 2.37. The molecule has 0 radical (unpaired) electrons. The molecule has 0 aromatic heterocycles. The fourth-order valence-electron chi connectivity index (χ4n) is 3.50. The van der Waals surface area contributed by atoms with Gasteiger partial charge in [0.15, 0.2) is 0 Å². The topological polar surface area (TPSA) is 12.5 Å². The quantitative estimate of drug-likeness (QED) is 0.771. The Morgan fingerprint density at radius 2 is 1.47 bits per heavy atom. The molecule has 2 heterocycles. The van der Waals surface area contributed by atoms with Crippen LogP contribution in [0, 0.1) is 0 Å². The summed E-state index contributed by atoms with van der Waals surface area (Å²) in [6.45, 7) is 0. The lowest BCUT2D eigenvalue weighted by Gasteiger charge is -2.47. The third kappa shape index (κ3) is 2.01. The van der Waals surface area contributed by atoms with Crippen molar-refractivity contribution in [2.24, 2.45) is 0 Å². The van der Waals surface area contributed by atoms with Crippen molar-refractivity contribution in [1.29, 1.82) is 0 Å². The van der Waals surface area contributed by atoms with Crippen LogP contribution < -0.4 is 9.64 Å². The minimum atomic E-state index is 0.788. The van der Waals surface area contributed by atoms with Crippen molar-refractivity contribution in [3.63, 3.8) is 0 Å². The van der Waals surface area contributed by atoms with Crippen LogP contribution in [0.2, 0.25) is 0 Å². The molecule has 1 aromatic carbocycles. The molecule has 0 atom stereocenters. The Labute approximate surface area is 104 Å². The van der Waals surface area contributed by atoms with Gasteiger partial charge in [-0.3, -0.25) is 0 Å². The van der Waals surface area contributed by atoms with Gasteiger partial charge >= 0.3 is 0 Å². The fraction of sp³-hybridized carbons (Fsp3) is 0.600. The number of rotatable bonds is 2. The van der Waals surface area contributed by atoms with Gasteiger partial charge in [-0.25, -0.2) is 0 Å². The van der Waals surface area contributed by atoms with Gasteiger partial charge in [-0.15, -0.1) is 0 Å². The predicted octanol–water partition coefficient (Wildman–Crippen LogP) is 3.61. The monoisotopic (exact) mass is 231 g/mol. The summed E-state index contributed by atoms with van der Waals surface area (Å²) in [4.78, 5) is 2.67. The minimum absolute atomic E-state index is 0.788. The van der Waals surface area contributed by atoms with E-state index in [4.69, 9.17) is 4.74 Å². The number of hydrogen-bond acceptors (Lipinski definition) is 2. The van der Waals surface area contributed by atoms with Crippen LogP contribution in [0.4, 0.5) is 5.69 Å². The molecule has 92 valence electrons. The summed E-state index contributed by atoms with van der Waals surface area (Å²) in [7, 11) is 1.73. The first-order chi connectivity index (χ1) is 8.38. The Morgan fingerprint density at radius 1 is 0.941 bits per heavy atom. The van der Waals surface area contributed by atoms with E-state index in [0.29, 0.717) is 0 Å². The summed E-state index contributed by atoms with van der Waals surface area (Å²) in [6.07, 6.45) is 8.35. The zero-order valence-corrected chi connectivity index (χ0v) is 10.6. The Balaban J connectivity index is 1.85. The standard InChI is InChI=1S/C15H21NO/c1-17-15-10-8-14(9-11-15)16-12-4-2-5-13(16)7-3-6-12/h8-13H,2-7H2,1H3. The maximum atomic E-state index is 5.23. The Morgan fingerprint density at radius 3 is 1.94 bits per heavy atom. The van der Waals surface area contributed by atoms with E-state index in [1.54, 1.807) is 7.11 Å². The predicted molar refractivity (Wildman–Crippen MR) is 70.8 cm³/mol. The lowest BCUT2D eigenvalue weighted by molar-refractivity contribution is 0.296. The summed E-state index contributed by atoms with van der Waals surface area (Å²) in [5.41, 5.74) is 1.39. The summed E-state index contributed by atoms with van der Waals surface area (Å²) in [5, 5.41) is 0.